The number of hydrogen-bond acceptors (Lipinski definition) is 4. The average molecular weight is 395 g/mol. The third kappa shape index (κ3) is 4.94. The summed E-state index contributed by atoms with van der Waals surface area (Å²) >= 11 is 5.42. The normalized spacial score (nSPS) is 23.2. The predicted molar refractivity (Wildman–Crippen MR) is 109 cm³/mol. The molecule has 0 radical (unpaired) electrons. The van der Waals surface area contributed by atoms with Crippen LogP contribution in [-0.4, -0.2) is 32.0 Å². The Labute approximate surface area is 160 Å². The van der Waals surface area contributed by atoms with Gasteiger partial charge in [-0.25, -0.2) is 8.42 Å². The molecule has 1 aromatic rings. The molecule has 3 rings (SSSR count). The zero-order valence-electron chi connectivity index (χ0n) is 15.0. The molecule has 1 heterocycles. The number of anilines is 1. The van der Waals surface area contributed by atoms with Gasteiger partial charge in [-0.15, -0.1) is 0 Å². The van der Waals surface area contributed by atoms with Gasteiger partial charge >= 0.3 is 0 Å². The second-order valence-corrected chi connectivity index (χ2v) is 9.12. The van der Waals surface area contributed by atoms with E-state index in [1.165, 1.54) is 19.3 Å². The number of amidine groups is 1. The summed E-state index contributed by atoms with van der Waals surface area (Å²) in [5.41, 5.74) is 0.655. The van der Waals surface area contributed by atoms with Crippen molar-refractivity contribution < 1.29 is 8.42 Å². The van der Waals surface area contributed by atoms with Crippen molar-refractivity contribution >= 4 is 38.9 Å². The highest BCUT2D eigenvalue weighted by Crippen LogP contribution is 2.24. The molecule has 2 atom stereocenters. The van der Waals surface area contributed by atoms with Crippen LogP contribution in [0.25, 0.3) is 0 Å². The zero-order valence-corrected chi connectivity index (χ0v) is 16.6. The van der Waals surface area contributed by atoms with E-state index in [9.17, 15) is 8.42 Å². The van der Waals surface area contributed by atoms with Gasteiger partial charge in [-0.2, -0.15) is 0 Å². The number of aliphatic imine (C=N–C) groups is 1. The topological polar surface area (TPSA) is 82.6 Å². The Morgan fingerprint density at radius 2 is 2.04 bits per heavy atom. The molecular formula is C18H26N4O2S2. The van der Waals surface area contributed by atoms with Crippen LogP contribution in [0.15, 0.2) is 34.2 Å². The van der Waals surface area contributed by atoms with Crippen LogP contribution in [0.4, 0.5) is 5.69 Å². The highest BCUT2D eigenvalue weighted by molar-refractivity contribution is 7.90. The van der Waals surface area contributed by atoms with Crippen LogP contribution in [0.2, 0.25) is 0 Å². The van der Waals surface area contributed by atoms with Crippen LogP contribution in [0.3, 0.4) is 0 Å². The maximum absolute atomic E-state index is 12.5. The Morgan fingerprint density at radius 3 is 2.77 bits per heavy atom. The van der Waals surface area contributed by atoms with Crippen molar-refractivity contribution in [1.29, 1.82) is 0 Å². The molecule has 0 amide bonds. The molecule has 8 heteroatoms. The minimum atomic E-state index is -3.62. The molecule has 1 aromatic carbocycles. The molecule has 0 unspecified atom stereocenters. The molecule has 2 aliphatic rings. The smallest absolute Gasteiger partial charge is 0.262 e. The molecule has 3 N–H and O–H groups in total. The molecule has 1 aliphatic carbocycles. The van der Waals surface area contributed by atoms with E-state index in [2.05, 4.69) is 27.3 Å². The standard InChI is InChI=1S/C18H26N4O2S2/c1-13-6-2-3-9-16(13)21-18(25)20-14-7-4-8-15(12-14)26(23,24)22-17-10-5-11-19-17/h4,7-8,12-13,16H,2-3,5-6,9-11H2,1H3,(H,19,22)(H2,20,21,25)/t13-,16+/m0/s1. The molecule has 6 nitrogen and oxygen atoms in total. The van der Waals surface area contributed by atoms with Crippen molar-refractivity contribution in [1.82, 2.24) is 10.0 Å². The molecule has 142 valence electrons. The maximum atomic E-state index is 12.5. The van der Waals surface area contributed by atoms with E-state index in [4.69, 9.17) is 12.2 Å². The number of benzene rings is 1. The summed E-state index contributed by atoms with van der Waals surface area (Å²) in [5.74, 6) is 1.12. The Morgan fingerprint density at radius 1 is 1.23 bits per heavy atom. The van der Waals surface area contributed by atoms with E-state index in [1.807, 2.05) is 6.07 Å². The van der Waals surface area contributed by atoms with Gasteiger partial charge in [0.1, 0.15) is 5.84 Å². The van der Waals surface area contributed by atoms with Gasteiger partial charge in [-0.3, -0.25) is 9.71 Å². The van der Waals surface area contributed by atoms with Gasteiger partial charge < -0.3 is 10.6 Å². The first-order valence-electron chi connectivity index (χ1n) is 9.18. The van der Waals surface area contributed by atoms with E-state index < -0.39 is 10.0 Å². The van der Waals surface area contributed by atoms with Crippen LogP contribution in [0, 0.1) is 5.92 Å². The molecule has 1 aliphatic heterocycles. The molecule has 0 bridgehead atoms. The number of hydrogen-bond donors (Lipinski definition) is 3. The van der Waals surface area contributed by atoms with Crippen LogP contribution in [0.5, 0.6) is 0 Å². The molecule has 1 saturated carbocycles. The van der Waals surface area contributed by atoms with Crippen LogP contribution in [0.1, 0.15) is 45.4 Å². The van der Waals surface area contributed by atoms with Gasteiger partial charge in [-0.05, 0) is 55.6 Å². The molecule has 1 fully saturated rings. The number of rotatable bonds is 4. The van der Waals surface area contributed by atoms with Crippen LogP contribution < -0.4 is 15.4 Å². The van der Waals surface area contributed by atoms with Crippen molar-refractivity contribution in [3.63, 3.8) is 0 Å². The largest absolute Gasteiger partial charge is 0.359 e. The first-order chi connectivity index (χ1) is 12.4. The summed E-state index contributed by atoms with van der Waals surface area (Å²) < 4.78 is 27.6. The summed E-state index contributed by atoms with van der Waals surface area (Å²) in [6.45, 7) is 2.92. The summed E-state index contributed by atoms with van der Waals surface area (Å²) in [5, 5.41) is 7.02. The van der Waals surface area contributed by atoms with Gasteiger partial charge in [-0.1, -0.05) is 25.8 Å². The molecule has 0 saturated heterocycles. The number of nitrogens with zero attached hydrogens (tertiary/aromatic N) is 1. The Balaban J connectivity index is 1.64. The van der Waals surface area contributed by atoms with Crippen LogP contribution in [-0.2, 0) is 10.0 Å². The SMILES string of the molecule is C[C@H]1CCCC[C@H]1NC(=S)Nc1cccc(S(=O)(=O)NC2=NCCC2)c1. The van der Waals surface area contributed by atoms with E-state index in [0.29, 0.717) is 41.6 Å². The number of nitrogens with one attached hydrogen (secondary N) is 3. The fourth-order valence-corrected chi connectivity index (χ4v) is 4.85. The summed E-state index contributed by atoms with van der Waals surface area (Å²) in [6, 6.07) is 7.06. The van der Waals surface area contributed by atoms with Crippen molar-refractivity contribution in [2.45, 2.75) is 56.4 Å². The number of sulfonamides is 1. The van der Waals surface area contributed by atoms with Crippen molar-refractivity contribution in [3.8, 4) is 0 Å². The minimum Gasteiger partial charge on any atom is -0.359 e. The Hall–Kier alpha value is -1.67. The number of thiocarbonyl (C=S) groups is 1. The lowest BCUT2D eigenvalue weighted by Crippen LogP contribution is -2.43. The van der Waals surface area contributed by atoms with E-state index in [1.54, 1.807) is 18.2 Å². The zero-order chi connectivity index (χ0) is 18.6. The average Bonchev–Trinajstić information content (AvgIpc) is 3.09. The van der Waals surface area contributed by atoms with E-state index in [0.717, 1.165) is 12.8 Å². The highest BCUT2D eigenvalue weighted by atomic mass is 32.2. The predicted octanol–water partition coefficient (Wildman–Crippen LogP) is 3.02. The van der Waals surface area contributed by atoms with Gasteiger partial charge in [0.15, 0.2) is 5.11 Å². The summed E-state index contributed by atoms with van der Waals surface area (Å²) in [7, 11) is -3.62. The fraction of sp³-hybridized carbons (Fsp3) is 0.556. The lowest BCUT2D eigenvalue weighted by Gasteiger charge is -2.30. The second kappa shape index (κ2) is 8.35. The van der Waals surface area contributed by atoms with Crippen LogP contribution >= 0.6 is 12.2 Å². The van der Waals surface area contributed by atoms with Gasteiger partial charge in [0, 0.05) is 24.7 Å². The van der Waals surface area contributed by atoms with Crippen molar-refractivity contribution in [2.24, 2.45) is 10.9 Å². The quantitative estimate of drug-likeness (QED) is 0.684. The highest BCUT2D eigenvalue weighted by Gasteiger charge is 2.22. The first kappa shape index (κ1) is 19.1. The lowest BCUT2D eigenvalue weighted by molar-refractivity contribution is 0.309. The van der Waals surface area contributed by atoms with Gasteiger partial charge in [0.25, 0.3) is 10.0 Å². The molecule has 0 spiro atoms. The molecule has 0 aromatic heterocycles. The third-order valence-electron chi connectivity index (χ3n) is 4.96. The monoisotopic (exact) mass is 394 g/mol. The first-order valence-corrected chi connectivity index (χ1v) is 11.1. The van der Waals surface area contributed by atoms with E-state index in [-0.39, 0.29) is 4.90 Å². The second-order valence-electron chi connectivity index (χ2n) is 7.03. The molecule has 26 heavy (non-hydrogen) atoms. The molecular weight excluding hydrogens is 368 g/mol. The van der Waals surface area contributed by atoms with Gasteiger partial charge in [0.05, 0.1) is 4.90 Å². The lowest BCUT2D eigenvalue weighted by atomic mass is 9.86. The fourth-order valence-electron chi connectivity index (χ4n) is 3.44. The Bertz CT molecular complexity index is 792. The van der Waals surface area contributed by atoms with Crippen molar-refractivity contribution in [2.75, 3.05) is 11.9 Å². The summed E-state index contributed by atoms with van der Waals surface area (Å²) in [4.78, 5) is 4.37. The maximum Gasteiger partial charge on any atom is 0.262 e. The Kier molecular flexibility index (Phi) is 6.13. The van der Waals surface area contributed by atoms with Gasteiger partial charge in [0.2, 0.25) is 0 Å². The third-order valence-corrected chi connectivity index (χ3v) is 6.56. The van der Waals surface area contributed by atoms with E-state index >= 15 is 0 Å². The minimum absolute atomic E-state index is 0.200. The van der Waals surface area contributed by atoms with Crippen molar-refractivity contribution in [3.05, 3.63) is 24.3 Å². The summed E-state index contributed by atoms with van der Waals surface area (Å²) in [6.07, 6.45) is 6.38.